The highest BCUT2D eigenvalue weighted by molar-refractivity contribution is 7.26. The van der Waals surface area contributed by atoms with E-state index < -0.39 is 0 Å². The van der Waals surface area contributed by atoms with Crippen molar-refractivity contribution in [3.05, 3.63) is 357 Å². The summed E-state index contributed by atoms with van der Waals surface area (Å²) in [5, 5.41) is 12.8. The van der Waals surface area contributed by atoms with E-state index in [1.54, 1.807) is 18.3 Å². The zero-order valence-corrected chi connectivity index (χ0v) is 99.2. The molecule has 5 heterocycles. The summed E-state index contributed by atoms with van der Waals surface area (Å²) in [4.78, 5) is 0. The van der Waals surface area contributed by atoms with Gasteiger partial charge in [0.05, 0.1) is 5.48 Å². The minimum atomic E-state index is -0.215. The number of furan rings is 2. The molecule has 2 nitrogen and oxygen atoms in total. The second-order valence-electron chi connectivity index (χ2n) is 55.3. The van der Waals surface area contributed by atoms with Crippen molar-refractivity contribution < 1.29 is 14.3 Å². The third-order valence-corrected chi connectivity index (χ3v) is 32.9. The Morgan fingerprint density at radius 3 is 0.851 bits per heavy atom. The Balaban J connectivity index is 0.000000135. The van der Waals surface area contributed by atoms with Crippen molar-refractivity contribution in [2.45, 2.75) is 347 Å². The third kappa shape index (κ3) is 22.8. The molecule has 0 aliphatic rings. The molecule has 20 aromatic rings. The van der Waals surface area contributed by atoms with Crippen LogP contribution in [0.25, 0.3) is 160 Å². The predicted octanol–water partition coefficient (Wildman–Crippen LogP) is 44.8. The summed E-state index contributed by atoms with van der Waals surface area (Å²) < 4.78 is 54.1. The molecule has 0 spiro atoms. The molecule has 0 radical (unpaired) electrons. The summed E-state index contributed by atoms with van der Waals surface area (Å²) >= 11 is 5.61. The molecule has 0 atom stereocenters. The van der Waals surface area contributed by atoms with Crippen LogP contribution in [0.2, 0.25) is 0 Å². The van der Waals surface area contributed by atoms with Gasteiger partial charge in [-0.1, -0.05) is 500 Å². The van der Waals surface area contributed by atoms with Gasteiger partial charge in [0.25, 0.3) is 0 Å². The van der Waals surface area contributed by atoms with Gasteiger partial charge in [-0.2, -0.15) is 0 Å². The van der Waals surface area contributed by atoms with Crippen molar-refractivity contribution in [2.24, 2.45) is 0 Å². The Morgan fingerprint density at radius 1 is 0.203 bits per heavy atom. The zero-order chi connectivity index (χ0) is 111. The van der Waals surface area contributed by atoms with Gasteiger partial charge in [0.2, 0.25) is 0 Å². The SMILES string of the molecule is CC(C)(C)c1cc(-c2ccc3c(oc4ccccc43)c2C(C)(C)C)cc(C(C)(C)C)c1.CC(C)(C)c1cc(-c2ccc3c(sc4ccccc43)c2C(C)(C)C)cc(C(C)(C)C)c1.CC(C)(C)c1cc(-c2ccc3oc4ccccc4c3c2C(C)(C)C)cc(C(C)(C)C)c1.CC(C)(C)c1cc(-c2ccc3sc4ccccc4c3c2C(C)(C)C)cc(C(C)(C)C)c1.[2H]c1c([2H])c(C)c([2H])c(-c2ccc3sc4ccccc4c3c2C(C)(C)C)c1[2H]. The largest absolute Gasteiger partial charge is 0.456 e. The molecule has 148 heavy (non-hydrogen) atoms. The highest BCUT2D eigenvalue weighted by Crippen LogP contribution is 2.54. The Hall–Kier alpha value is -11.4. The Morgan fingerprint density at radius 2 is 0.486 bits per heavy atom. The van der Waals surface area contributed by atoms with E-state index in [1.807, 2.05) is 53.0 Å². The van der Waals surface area contributed by atoms with Crippen LogP contribution < -0.4 is 0 Å². The second-order valence-corrected chi connectivity index (χ2v) is 58.5. The third-order valence-electron chi connectivity index (χ3n) is 29.4. The minimum Gasteiger partial charge on any atom is -0.456 e. The fraction of sp³-hybridized carbons (Fsp3) is 0.371. The number of thiophene rings is 3. The maximum absolute atomic E-state index is 8.63. The summed E-state index contributed by atoms with van der Waals surface area (Å²) in [7, 11) is 0. The molecule has 0 saturated carbocycles. The van der Waals surface area contributed by atoms with E-state index in [0.717, 1.165) is 33.5 Å². The lowest BCUT2D eigenvalue weighted by Gasteiger charge is -2.29. The molecule has 0 saturated heterocycles. The van der Waals surface area contributed by atoms with Crippen LogP contribution in [0.3, 0.4) is 0 Å². The lowest BCUT2D eigenvalue weighted by molar-refractivity contribution is 0.567. The van der Waals surface area contributed by atoms with Gasteiger partial charge in [-0.05, 0) is 254 Å². The van der Waals surface area contributed by atoms with Gasteiger partial charge in [0, 0.05) is 87.6 Å². The lowest BCUT2D eigenvalue weighted by Crippen LogP contribution is -2.17. The van der Waals surface area contributed by atoms with Crippen LogP contribution in [0.5, 0.6) is 0 Å². The van der Waals surface area contributed by atoms with Gasteiger partial charge in [-0.15, -0.1) is 34.0 Å². The van der Waals surface area contributed by atoms with Crippen molar-refractivity contribution in [3.8, 4) is 55.6 Å². The summed E-state index contributed by atoms with van der Waals surface area (Å²) in [5.74, 6) is 0. The van der Waals surface area contributed by atoms with Crippen molar-refractivity contribution in [2.75, 3.05) is 0 Å². The number of benzene rings is 15. The van der Waals surface area contributed by atoms with Crippen LogP contribution in [0.15, 0.2) is 288 Å². The normalized spacial score (nSPS) is 13.5. The molecule has 15 aromatic carbocycles. The smallest absolute Gasteiger partial charge is 0.139 e. The topological polar surface area (TPSA) is 26.3 Å². The lowest BCUT2D eigenvalue weighted by atomic mass is 9.75. The van der Waals surface area contributed by atoms with Gasteiger partial charge in [0.15, 0.2) is 0 Å². The maximum atomic E-state index is 8.63. The van der Waals surface area contributed by atoms with Crippen LogP contribution in [-0.4, -0.2) is 0 Å². The molecular weight excluding hydrogens is 1850 g/mol. The predicted molar refractivity (Wildman–Crippen MR) is 660 cm³/mol. The van der Waals surface area contributed by atoms with E-state index in [2.05, 4.69) is 494 Å². The highest BCUT2D eigenvalue weighted by atomic mass is 32.1. The fourth-order valence-corrected chi connectivity index (χ4v) is 24.9. The molecule has 0 bridgehead atoms. The van der Waals surface area contributed by atoms with Crippen LogP contribution >= 0.6 is 34.0 Å². The first-order chi connectivity index (χ1) is 70.2. The molecule has 0 amide bonds. The fourth-order valence-electron chi connectivity index (χ4n) is 21.2. The molecule has 0 fully saturated rings. The second kappa shape index (κ2) is 39.4. The van der Waals surface area contributed by atoms with Gasteiger partial charge in [-0.25, -0.2) is 0 Å². The maximum Gasteiger partial charge on any atom is 0.139 e. The average Bonchev–Trinajstić information content (AvgIpc) is 1.49. The number of fused-ring (bicyclic) bond motifs is 15. The average molecular weight is 2020 g/mol. The van der Waals surface area contributed by atoms with E-state index in [-0.39, 0.29) is 94.6 Å². The zero-order valence-electron chi connectivity index (χ0n) is 101. The van der Waals surface area contributed by atoms with Gasteiger partial charge < -0.3 is 8.83 Å². The van der Waals surface area contributed by atoms with Crippen LogP contribution in [0.4, 0.5) is 0 Å². The first-order valence-corrected chi connectivity index (χ1v) is 56.1. The number of para-hydroxylation sites is 2. The standard InChI is InChI=1S/2C30H36O.2C30H36S.C23H22S/c1-28(2,3)20-16-19(17-21(18-20)29(4,5)6)22-14-15-24-23-12-10-11-13-25(23)31-27(24)26(22)30(7,8)9;1-28(2,3)20-16-19(17-21(18-20)29(4,5)6)22-14-15-25-26(27(22)30(7,8)9)23-12-10-11-13-24(23)31-25;1-28(2,3)20-16-19(17-21(18-20)29(4,5)6)22-14-15-24-23-12-10-11-13-25(23)31-27(24)26(22)30(7,8)9;1-28(2,3)20-16-19(17-21(18-20)29(4,5)6)22-14-15-25-26(27(22)30(7,8)9)23-12-10-11-13-24(23)31-25;1-15-8-7-9-16(14-15)17-12-13-20-21(22(17)23(2,3)4)18-10-5-6-11-19(18)24-20/h4*10-18H,1-9H3;5-14H,1-4H3/i;;;;7D,8D,9D,14D. The summed E-state index contributed by atoms with van der Waals surface area (Å²) in [6.45, 7) is 91.5. The van der Waals surface area contributed by atoms with Gasteiger partial charge in [0.1, 0.15) is 22.3 Å². The Labute approximate surface area is 905 Å². The first-order valence-electron chi connectivity index (χ1n) is 55.7. The molecular formula is C143H166O2S3. The summed E-state index contributed by atoms with van der Waals surface area (Å²) in [6, 6.07) is 94.1. The van der Waals surface area contributed by atoms with Crippen molar-refractivity contribution in [1.29, 1.82) is 0 Å². The van der Waals surface area contributed by atoms with Gasteiger partial charge in [-0.3, -0.25) is 0 Å². The number of hydrogen-bond donors (Lipinski definition) is 0. The number of hydrogen-bond acceptors (Lipinski definition) is 5. The monoisotopic (exact) mass is 2020 g/mol. The van der Waals surface area contributed by atoms with E-state index in [1.165, 1.54) is 193 Å². The van der Waals surface area contributed by atoms with Crippen molar-refractivity contribution in [1.82, 2.24) is 0 Å². The molecule has 0 aliphatic carbocycles. The van der Waals surface area contributed by atoms with Crippen molar-refractivity contribution in [3.63, 3.8) is 0 Å². The van der Waals surface area contributed by atoms with Crippen LogP contribution in [-0.2, 0) is 70.4 Å². The highest BCUT2D eigenvalue weighted by Gasteiger charge is 2.36. The van der Waals surface area contributed by atoms with E-state index in [9.17, 15) is 0 Å². The molecule has 0 aliphatic heterocycles. The molecule has 768 valence electrons. The Bertz CT molecular complexity index is 8090. The Kier molecular flexibility index (Phi) is 27.6. The van der Waals surface area contributed by atoms with E-state index >= 15 is 0 Å². The minimum absolute atomic E-state index is 0.0267. The van der Waals surface area contributed by atoms with Crippen molar-refractivity contribution >= 4 is 138 Å². The molecule has 0 unspecified atom stereocenters. The summed E-state index contributed by atoms with van der Waals surface area (Å²) in [6.07, 6.45) is 0. The quantitative estimate of drug-likeness (QED) is 0.172. The number of rotatable bonds is 5. The van der Waals surface area contributed by atoms with Crippen LogP contribution in [0, 0.1) is 6.92 Å². The van der Waals surface area contributed by atoms with E-state index in [4.69, 9.17) is 14.3 Å². The van der Waals surface area contributed by atoms with Crippen LogP contribution in [0.1, 0.15) is 353 Å². The van der Waals surface area contributed by atoms with E-state index in [0.29, 0.717) is 11.1 Å². The molecule has 5 heteroatoms. The molecule has 0 N–H and O–H groups in total. The summed E-state index contributed by atoms with van der Waals surface area (Å²) in [5.41, 5.74) is 34.7. The first kappa shape index (κ1) is 104. The molecule has 5 aromatic heterocycles. The van der Waals surface area contributed by atoms with Gasteiger partial charge >= 0.3 is 0 Å². The molecule has 20 rings (SSSR count).